The summed E-state index contributed by atoms with van der Waals surface area (Å²) in [5.74, 6) is 0.343. The third-order valence-electron chi connectivity index (χ3n) is 3.63. The molecule has 0 radical (unpaired) electrons. The zero-order valence-corrected chi connectivity index (χ0v) is 12.3. The van der Waals surface area contributed by atoms with Crippen molar-refractivity contribution >= 4 is 11.3 Å². The highest BCUT2D eigenvalue weighted by Crippen LogP contribution is 2.30. The van der Waals surface area contributed by atoms with Crippen LogP contribution in [0.25, 0.3) is 11.3 Å². The van der Waals surface area contributed by atoms with Gasteiger partial charge < -0.3 is 5.73 Å². The molecule has 2 nitrogen and oxygen atoms in total. The highest BCUT2D eigenvalue weighted by Gasteiger charge is 2.12. The number of nitrogens with two attached hydrogens (primary N) is 1. The standard InChI is InChI=1S/C15H20N2S/c1-9-5-6-13(12(4)11(9)3)14-8-18-15(17-14)10(2)7-16/h5-6,8,10H,7,16H2,1-4H3. The summed E-state index contributed by atoms with van der Waals surface area (Å²) < 4.78 is 0. The summed E-state index contributed by atoms with van der Waals surface area (Å²) in [7, 11) is 0. The van der Waals surface area contributed by atoms with Gasteiger partial charge in [0.1, 0.15) is 0 Å². The van der Waals surface area contributed by atoms with Crippen LogP contribution in [0.1, 0.15) is 34.5 Å². The maximum Gasteiger partial charge on any atom is 0.0973 e. The molecule has 0 spiro atoms. The summed E-state index contributed by atoms with van der Waals surface area (Å²) >= 11 is 1.70. The lowest BCUT2D eigenvalue weighted by atomic mass is 9.97. The van der Waals surface area contributed by atoms with E-state index in [4.69, 9.17) is 10.7 Å². The average Bonchev–Trinajstić information content (AvgIpc) is 2.84. The fourth-order valence-electron chi connectivity index (χ4n) is 1.97. The van der Waals surface area contributed by atoms with Gasteiger partial charge in [-0.15, -0.1) is 11.3 Å². The minimum atomic E-state index is 0.343. The lowest BCUT2D eigenvalue weighted by molar-refractivity contribution is 0.766. The summed E-state index contributed by atoms with van der Waals surface area (Å²) in [6.07, 6.45) is 0. The third-order valence-corrected chi connectivity index (χ3v) is 4.71. The van der Waals surface area contributed by atoms with E-state index in [1.54, 1.807) is 11.3 Å². The molecule has 3 heteroatoms. The van der Waals surface area contributed by atoms with Crippen LogP contribution in [0.4, 0.5) is 0 Å². The number of thiazole rings is 1. The minimum Gasteiger partial charge on any atom is -0.330 e. The van der Waals surface area contributed by atoms with Crippen LogP contribution >= 0.6 is 11.3 Å². The molecule has 0 bridgehead atoms. The average molecular weight is 260 g/mol. The molecule has 2 rings (SSSR count). The first-order valence-electron chi connectivity index (χ1n) is 6.27. The molecule has 1 aromatic heterocycles. The van der Waals surface area contributed by atoms with E-state index >= 15 is 0 Å². The predicted octanol–water partition coefficient (Wildman–Crippen LogP) is 3.80. The van der Waals surface area contributed by atoms with Gasteiger partial charge in [0.25, 0.3) is 0 Å². The Labute approximate surface area is 113 Å². The van der Waals surface area contributed by atoms with Crippen LogP contribution in [0, 0.1) is 20.8 Å². The molecule has 0 amide bonds. The predicted molar refractivity (Wildman–Crippen MR) is 79.2 cm³/mol. The van der Waals surface area contributed by atoms with Gasteiger partial charge >= 0.3 is 0 Å². The van der Waals surface area contributed by atoms with Gasteiger partial charge in [-0.3, -0.25) is 0 Å². The SMILES string of the molecule is Cc1ccc(-c2csc(C(C)CN)n2)c(C)c1C. The van der Waals surface area contributed by atoms with E-state index in [1.165, 1.54) is 22.3 Å². The van der Waals surface area contributed by atoms with Crippen molar-refractivity contribution in [1.82, 2.24) is 4.98 Å². The Morgan fingerprint density at radius 2 is 1.94 bits per heavy atom. The molecular weight excluding hydrogens is 240 g/mol. The van der Waals surface area contributed by atoms with Crippen molar-refractivity contribution in [3.8, 4) is 11.3 Å². The topological polar surface area (TPSA) is 38.9 Å². The number of nitrogens with zero attached hydrogens (tertiary/aromatic N) is 1. The lowest BCUT2D eigenvalue weighted by Gasteiger charge is -2.09. The van der Waals surface area contributed by atoms with E-state index < -0.39 is 0 Å². The minimum absolute atomic E-state index is 0.343. The number of benzene rings is 1. The lowest BCUT2D eigenvalue weighted by Crippen LogP contribution is -2.08. The number of aromatic nitrogens is 1. The number of aryl methyl sites for hydroxylation is 1. The largest absolute Gasteiger partial charge is 0.330 e. The van der Waals surface area contributed by atoms with Crippen molar-refractivity contribution < 1.29 is 0 Å². The summed E-state index contributed by atoms with van der Waals surface area (Å²) in [6.45, 7) is 9.26. The first kappa shape index (κ1) is 13.2. The Hall–Kier alpha value is -1.19. The zero-order valence-electron chi connectivity index (χ0n) is 11.4. The van der Waals surface area contributed by atoms with Crippen molar-refractivity contribution in [2.24, 2.45) is 5.73 Å². The van der Waals surface area contributed by atoms with Crippen molar-refractivity contribution in [2.75, 3.05) is 6.54 Å². The van der Waals surface area contributed by atoms with Gasteiger partial charge in [-0.05, 0) is 37.5 Å². The molecular formula is C15H20N2S. The first-order valence-corrected chi connectivity index (χ1v) is 7.15. The molecule has 1 aromatic carbocycles. The highest BCUT2D eigenvalue weighted by molar-refractivity contribution is 7.10. The number of hydrogen-bond acceptors (Lipinski definition) is 3. The van der Waals surface area contributed by atoms with E-state index in [2.05, 4.69) is 45.2 Å². The van der Waals surface area contributed by atoms with E-state index in [0.29, 0.717) is 12.5 Å². The van der Waals surface area contributed by atoms with Gasteiger partial charge in [0.2, 0.25) is 0 Å². The molecule has 1 atom stereocenters. The van der Waals surface area contributed by atoms with Gasteiger partial charge in [-0.1, -0.05) is 19.1 Å². The Kier molecular flexibility index (Phi) is 3.83. The Bertz CT molecular complexity index is 558. The van der Waals surface area contributed by atoms with Crippen LogP contribution in [-0.2, 0) is 0 Å². The van der Waals surface area contributed by atoms with Crippen molar-refractivity contribution in [3.05, 3.63) is 39.2 Å². The molecule has 0 fully saturated rings. The Balaban J connectivity index is 2.43. The molecule has 18 heavy (non-hydrogen) atoms. The van der Waals surface area contributed by atoms with Gasteiger partial charge in [0.05, 0.1) is 10.7 Å². The molecule has 0 aliphatic heterocycles. The van der Waals surface area contributed by atoms with Gasteiger partial charge in [-0.2, -0.15) is 0 Å². The summed E-state index contributed by atoms with van der Waals surface area (Å²) in [5, 5.41) is 3.27. The van der Waals surface area contributed by atoms with Crippen LogP contribution in [0.5, 0.6) is 0 Å². The van der Waals surface area contributed by atoms with Crippen molar-refractivity contribution in [1.29, 1.82) is 0 Å². The number of rotatable bonds is 3. The maximum atomic E-state index is 5.69. The van der Waals surface area contributed by atoms with Gasteiger partial charge in [0.15, 0.2) is 0 Å². The fourth-order valence-corrected chi connectivity index (χ4v) is 2.86. The smallest absolute Gasteiger partial charge is 0.0973 e. The van der Waals surface area contributed by atoms with Gasteiger partial charge in [-0.25, -0.2) is 4.98 Å². The van der Waals surface area contributed by atoms with E-state index in [1.807, 2.05) is 0 Å². The molecule has 0 saturated heterocycles. The third kappa shape index (κ3) is 2.33. The molecule has 96 valence electrons. The van der Waals surface area contributed by atoms with Crippen LogP contribution in [0.15, 0.2) is 17.5 Å². The summed E-state index contributed by atoms with van der Waals surface area (Å²) in [5.41, 5.74) is 12.0. The normalized spacial score (nSPS) is 12.7. The maximum absolute atomic E-state index is 5.69. The summed E-state index contributed by atoms with van der Waals surface area (Å²) in [4.78, 5) is 4.72. The van der Waals surface area contributed by atoms with E-state index in [9.17, 15) is 0 Å². The van der Waals surface area contributed by atoms with Crippen molar-refractivity contribution in [2.45, 2.75) is 33.6 Å². The Morgan fingerprint density at radius 1 is 1.22 bits per heavy atom. The van der Waals surface area contributed by atoms with Crippen LogP contribution in [0.2, 0.25) is 0 Å². The molecule has 0 aliphatic carbocycles. The first-order chi connectivity index (χ1) is 8.54. The second-order valence-corrected chi connectivity index (χ2v) is 5.78. The van der Waals surface area contributed by atoms with Crippen molar-refractivity contribution in [3.63, 3.8) is 0 Å². The van der Waals surface area contributed by atoms with E-state index in [0.717, 1.165) is 10.7 Å². The number of hydrogen-bond donors (Lipinski definition) is 1. The highest BCUT2D eigenvalue weighted by atomic mass is 32.1. The molecule has 2 aromatic rings. The quantitative estimate of drug-likeness (QED) is 0.911. The van der Waals surface area contributed by atoms with E-state index in [-0.39, 0.29) is 0 Å². The molecule has 0 aliphatic rings. The van der Waals surface area contributed by atoms with Gasteiger partial charge in [0, 0.05) is 23.4 Å². The second-order valence-electron chi connectivity index (χ2n) is 4.89. The zero-order chi connectivity index (χ0) is 13.3. The molecule has 0 saturated carbocycles. The van der Waals surface area contributed by atoms with Crippen LogP contribution in [0.3, 0.4) is 0 Å². The molecule has 1 unspecified atom stereocenters. The molecule has 1 heterocycles. The molecule has 2 N–H and O–H groups in total. The second kappa shape index (κ2) is 5.21. The summed E-state index contributed by atoms with van der Waals surface area (Å²) in [6, 6.07) is 4.34. The Morgan fingerprint density at radius 3 is 2.61 bits per heavy atom. The fraction of sp³-hybridized carbons (Fsp3) is 0.400. The van der Waals surface area contributed by atoms with Crippen LogP contribution < -0.4 is 5.73 Å². The van der Waals surface area contributed by atoms with Crippen LogP contribution in [-0.4, -0.2) is 11.5 Å². The monoisotopic (exact) mass is 260 g/mol.